The van der Waals surface area contributed by atoms with Gasteiger partial charge in [-0.15, -0.1) is 0 Å². The molecule has 5 heteroatoms. The Morgan fingerprint density at radius 2 is 2.05 bits per heavy atom. The highest BCUT2D eigenvalue weighted by molar-refractivity contribution is 5.82. The van der Waals surface area contributed by atoms with Crippen molar-refractivity contribution >= 4 is 5.91 Å². The van der Waals surface area contributed by atoms with Crippen LogP contribution in [-0.2, 0) is 9.53 Å². The van der Waals surface area contributed by atoms with E-state index in [9.17, 15) is 9.90 Å². The number of carbonyl (C=O) groups excluding carboxylic acids is 1. The first-order valence-electron chi connectivity index (χ1n) is 7.66. The summed E-state index contributed by atoms with van der Waals surface area (Å²) >= 11 is 0. The van der Waals surface area contributed by atoms with Crippen molar-refractivity contribution in [3.63, 3.8) is 0 Å². The molecule has 2 aliphatic rings. The number of ether oxygens (including phenoxy) is 1. The molecule has 116 valence electrons. The Kier molecular flexibility index (Phi) is 4.42. The fraction of sp³-hybridized carbons (Fsp3) is 0.933. The summed E-state index contributed by atoms with van der Waals surface area (Å²) in [6.07, 6.45) is 2.26. The number of aliphatic hydroxyl groups excluding tert-OH is 1. The number of nitrogens with two attached hydrogens (primary N) is 1. The molecule has 2 atom stereocenters. The summed E-state index contributed by atoms with van der Waals surface area (Å²) in [6.45, 7) is 8.20. The summed E-state index contributed by atoms with van der Waals surface area (Å²) in [5.41, 5.74) is 5.06. The highest BCUT2D eigenvalue weighted by atomic mass is 16.5. The molecule has 2 unspecified atom stereocenters. The number of hydrogen-bond donors (Lipinski definition) is 2. The van der Waals surface area contributed by atoms with Gasteiger partial charge in [0.15, 0.2) is 0 Å². The molecule has 0 aromatic carbocycles. The lowest BCUT2D eigenvalue weighted by molar-refractivity contribution is -0.210. The molecule has 5 nitrogen and oxygen atoms in total. The van der Waals surface area contributed by atoms with Crippen LogP contribution in [0.2, 0.25) is 0 Å². The fourth-order valence-corrected chi connectivity index (χ4v) is 3.46. The molecule has 0 aromatic rings. The number of piperidine rings is 1. The Bertz CT molecular complexity index is 360. The van der Waals surface area contributed by atoms with E-state index in [1.54, 1.807) is 0 Å². The quantitative estimate of drug-likeness (QED) is 0.799. The van der Waals surface area contributed by atoms with E-state index >= 15 is 0 Å². The summed E-state index contributed by atoms with van der Waals surface area (Å²) in [7, 11) is 0. The van der Waals surface area contributed by atoms with Crippen LogP contribution in [0.15, 0.2) is 0 Å². The smallest absolute Gasteiger partial charge is 0.229 e. The van der Waals surface area contributed by atoms with Crippen LogP contribution in [-0.4, -0.2) is 54.4 Å². The van der Waals surface area contributed by atoms with Crippen LogP contribution in [0.1, 0.15) is 40.0 Å². The Morgan fingerprint density at radius 3 is 2.50 bits per heavy atom. The number of aliphatic hydroxyl groups is 1. The van der Waals surface area contributed by atoms with Gasteiger partial charge in [-0.1, -0.05) is 0 Å². The van der Waals surface area contributed by atoms with E-state index < -0.39 is 5.41 Å². The van der Waals surface area contributed by atoms with Crippen molar-refractivity contribution in [3.8, 4) is 0 Å². The number of nitrogens with zero attached hydrogens (tertiary/aromatic N) is 1. The first-order chi connectivity index (χ1) is 9.37. The van der Waals surface area contributed by atoms with Gasteiger partial charge in [-0.3, -0.25) is 4.79 Å². The summed E-state index contributed by atoms with van der Waals surface area (Å²) in [5, 5.41) is 10.1. The summed E-state index contributed by atoms with van der Waals surface area (Å²) in [4.78, 5) is 14.3. The van der Waals surface area contributed by atoms with Gasteiger partial charge in [0.1, 0.15) is 0 Å². The Morgan fingerprint density at radius 1 is 1.45 bits per heavy atom. The largest absolute Gasteiger partial charge is 0.392 e. The molecule has 20 heavy (non-hydrogen) atoms. The third-order valence-electron chi connectivity index (χ3n) is 5.18. The first-order valence-corrected chi connectivity index (χ1v) is 7.66. The van der Waals surface area contributed by atoms with E-state index in [1.807, 2.05) is 25.7 Å². The normalized spacial score (nSPS) is 29.4. The van der Waals surface area contributed by atoms with Gasteiger partial charge in [-0.05, 0) is 33.6 Å². The van der Waals surface area contributed by atoms with Gasteiger partial charge >= 0.3 is 0 Å². The van der Waals surface area contributed by atoms with Gasteiger partial charge in [0.25, 0.3) is 0 Å². The van der Waals surface area contributed by atoms with Crippen LogP contribution in [0, 0.1) is 10.8 Å². The minimum Gasteiger partial charge on any atom is -0.392 e. The molecular formula is C15H28N2O3. The van der Waals surface area contributed by atoms with E-state index in [0.29, 0.717) is 26.2 Å². The van der Waals surface area contributed by atoms with Crippen molar-refractivity contribution in [1.29, 1.82) is 0 Å². The SMILES string of the molecule is CCOC1CC(O)C12CCN(C(=O)C(C)(C)CN)CC2. The van der Waals surface area contributed by atoms with Crippen molar-refractivity contribution in [2.24, 2.45) is 16.6 Å². The zero-order chi connectivity index (χ0) is 15.0. The topological polar surface area (TPSA) is 75.8 Å². The zero-order valence-corrected chi connectivity index (χ0v) is 12.9. The van der Waals surface area contributed by atoms with E-state index in [4.69, 9.17) is 10.5 Å². The van der Waals surface area contributed by atoms with E-state index in [-0.39, 0.29) is 23.5 Å². The number of carbonyl (C=O) groups is 1. The minimum atomic E-state index is -0.498. The molecule has 1 aliphatic carbocycles. The predicted molar refractivity (Wildman–Crippen MR) is 77.1 cm³/mol. The van der Waals surface area contributed by atoms with Crippen LogP contribution < -0.4 is 5.73 Å². The van der Waals surface area contributed by atoms with Crippen LogP contribution in [0.3, 0.4) is 0 Å². The minimum absolute atomic E-state index is 0.122. The van der Waals surface area contributed by atoms with Gasteiger partial charge in [0, 0.05) is 38.1 Å². The van der Waals surface area contributed by atoms with Crippen molar-refractivity contribution in [2.75, 3.05) is 26.2 Å². The molecule has 0 aromatic heterocycles. The lowest BCUT2D eigenvalue weighted by atomic mass is 9.58. The molecule has 1 amide bonds. The highest BCUT2D eigenvalue weighted by Crippen LogP contribution is 2.51. The summed E-state index contributed by atoms with van der Waals surface area (Å²) in [6, 6.07) is 0. The Labute approximate surface area is 121 Å². The number of amides is 1. The maximum Gasteiger partial charge on any atom is 0.229 e. The average molecular weight is 284 g/mol. The summed E-state index contributed by atoms with van der Waals surface area (Å²) < 4.78 is 5.74. The van der Waals surface area contributed by atoms with Crippen LogP contribution in [0.5, 0.6) is 0 Å². The number of rotatable bonds is 4. The lowest BCUT2D eigenvalue weighted by Gasteiger charge is -2.57. The molecule has 0 bridgehead atoms. The Hall–Kier alpha value is -0.650. The molecule has 1 heterocycles. The molecule has 1 aliphatic heterocycles. The van der Waals surface area contributed by atoms with Gasteiger partial charge < -0.3 is 20.5 Å². The fourth-order valence-electron chi connectivity index (χ4n) is 3.46. The standard InChI is InChI=1S/C15H28N2O3/c1-4-20-12-9-11(18)15(12)5-7-17(8-6-15)13(19)14(2,3)10-16/h11-12,18H,4-10,16H2,1-3H3. The molecular weight excluding hydrogens is 256 g/mol. The number of likely N-dealkylation sites (tertiary alicyclic amines) is 1. The molecule has 1 saturated heterocycles. The maximum absolute atomic E-state index is 12.4. The van der Waals surface area contributed by atoms with Crippen molar-refractivity contribution in [3.05, 3.63) is 0 Å². The molecule has 1 saturated carbocycles. The van der Waals surface area contributed by atoms with E-state index in [1.165, 1.54) is 0 Å². The van der Waals surface area contributed by atoms with Gasteiger partial charge in [-0.2, -0.15) is 0 Å². The lowest BCUT2D eigenvalue weighted by Crippen LogP contribution is -2.63. The summed E-state index contributed by atoms with van der Waals surface area (Å²) in [5.74, 6) is 0.122. The van der Waals surface area contributed by atoms with E-state index in [2.05, 4.69) is 0 Å². The van der Waals surface area contributed by atoms with Gasteiger partial charge in [0.05, 0.1) is 17.6 Å². The molecule has 2 fully saturated rings. The second-order valence-corrected chi connectivity index (χ2v) is 6.81. The van der Waals surface area contributed by atoms with Gasteiger partial charge in [-0.25, -0.2) is 0 Å². The predicted octanol–water partition coefficient (Wildman–Crippen LogP) is 0.750. The number of hydrogen-bond acceptors (Lipinski definition) is 4. The van der Waals surface area contributed by atoms with Crippen LogP contribution in [0.4, 0.5) is 0 Å². The first kappa shape index (κ1) is 15.7. The zero-order valence-electron chi connectivity index (χ0n) is 12.9. The third-order valence-corrected chi connectivity index (χ3v) is 5.18. The maximum atomic E-state index is 12.4. The molecule has 3 N–H and O–H groups in total. The molecule has 0 radical (unpaired) electrons. The second-order valence-electron chi connectivity index (χ2n) is 6.81. The Balaban J connectivity index is 1.97. The van der Waals surface area contributed by atoms with Crippen LogP contribution in [0.25, 0.3) is 0 Å². The molecule has 1 spiro atoms. The van der Waals surface area contributed by atoms with Crippen molar-refractivity contribution < 1.29 is 14.6 Å². The van der Waals surface area contributed by atoms with Crippen molar-refractivity contribution in [1.82, 2.24) is 4.90 Å². The van der Waals surface area contributed by atoms with E-state index in [0.717, 1.165) is 19.3 Å². The average Bonchev–Trinajstić information content (AvgIpc) is 2.46. The highest BCUT2D eigenvalue weighted by Gasteiger charge is 2.56. The van der Waals surface area contributed by atoms with Gasteiger partial charge in [0.2, 0.25) is 5.91 Å². The molecule has 2 rings (SSSR count). The second kappa shape index (κ2) is 5.62. The van der Waals surface area contributed by atoms with Crippen LogP contribution >= 0.6 is 0 Å². The van der Waals surface area contributed by atoms with Crippen molar-refractivity contribution in [2.45, 2.75) is 52.2 Å². The third kappa shape index (κ3) is 2.47. The monoisotopic (exact) mass is 284 g/mol.